The minimum atomic E-state index is -0.840. The molecule has 32 heavy (non-hydrogen) atoms. The van der Waals surface area contributed by atoms with Gasteiger partial charge in [-0.05, 0) is 61.7 Å². The molecule has 0 unspecified atom stereocenters. The predicted molar refractivity (Wildman–Crippen MR) is 123 cm³/mol. The van der Waals surface area contributed by atoms with Crippen LogP contribution in [0.25, 0.3) is 0 Å². The highest BCUT2D eigenvalue weighted by Crippen LogP contribution is 2.32. The molecule has 1 atom stereocenters. The maximum atomic E-state index is 13.6. The fourth-order valence-electron chi connectivity index (χ4n) is 4.18. The van der Waals surface area contributed by atoms with Crippen LogP contribution in [0.1, 0.15) is 54.8 Å². The molecule has 166 valence electrons. The van der Waals surface area contributed by atoms with E-state index in [1.54, 1.807) is 36.4 Å². The van der Waals surface area contributed by atoms with E-state index in [1.165, 1.54) is 11.2 Å². The Bertz CT molecular complexity index is 1010. The first-order valence-corrected chi connectivity index (χ1v) is 11.1. The molecule has 0 bridgehead atoms. The third-order valence-corrected chi connectivity index (χ3v) is 5.70. The van der Waals surface area contributed by atoms with E-state index >= 15 is 0 Å². The van der Waals surface area contributed by atoms with Gasteiger partial charge in [0.15, 0.2) is 5.76 Å². The molecule has 3 aromatic rings. The quantitative estimate of drug-likeness (QED) is 0.536. The number of nitrogens with one attached hydrogen (secondary N) is 1. The molecule has 0 radical (unpaired) electrons. The molecule has 1 saturated carbocycles. The smallest absolute Gasteiger partial charge is 0.294 e. The van der Waals surface area contributed by atoms with Gasteiger partial charge in [-0.1, -0.05) is 43.2 Å². The number of rotatable bonds is 8. The fourth-order valence-corrected chi connectivity index (χ4v) is 4.18. The first kappa shape index (κ1) is 21.7. The van der Waals surface area contributed by atoms with E-state index in [0.29, 0.717) is 18.0 Å². The maximum Gasteiger partial charge on any atom is 0.294 e. The number of carbonyl (C=O) groups is 2. The number of amides is 2. The van der Waals surface area contributed by atoms with Crippen LogP contribution in [0, 0.1) is 0 Å². The highest BCUT2D eigenvalue weighted by Gasteiger charge is 2.35. The molecule has 0 saturated heterocycles. The van der Waals surface area contributed by atoms with E-state index in [4.69, 9.17) is 9.15 Å². The van der Waals surface area contributed by atoms with Crippen LogP contribution in [-0.2, 0) is 4.79 Å². The van der Waals surface area contributed by atoms with Gasteiger partial charge in [-0.2, -0.15) is 0 Å². The average molecular weight is 433 g/mol. The fraction of sp³-hybridized carbons (Fsp3) is 0.308. The lowest BCUT2D eigenvalue weighted by Gasteiger charge is -2.32. The van der Waals surface area contributed by atoms with Crippen molar-refractivity contribution in [2.24, 2.45) is 0 Å². The first-order chi connectivity index (χ1) is 15.7. The Morgan fingerprint density at radius 2 is 1.75 bits per heavy atom. The summed E-state index contributed by atoms with van der Waals surface area (Å²) < 4.78 is 11.0. The molecular formula is C26H28N2O4. The number of furan rings is 1. The van der Waals surface area contributed by atoms with E-state index in [9.17, 15) is 9.59 Å². The Hall–Kier alpha value is -3.54. The van der Waals surface area contributed by atoms with Crippen LogP contribution in [0.15, 0.2) is 77.4 Å². The lowest BCUT2D eigenvalue weighted by Crippen LogP contribution is -2.46. The molecule has 0 spiro atoms. The van der Waals surface area contributed by atoms with E-state index in [2.05, 4.69) is 5.32 Å². The van der Waals surface area contributed by atoms with Crippen molar-refractivity contribution in [2.75, 3.05) is 11.5 Å². The van der Waals surface area contributed by atoms with Gasteiger partial charge < -0.3 is 14.5 Å². The summed E-state index contributed by atoms with van der Waals surface area (Å²) >= 11 is 0. The molecule has 1 heterocycles. The number of hydrogen-bond donors (Lipinski definition) is 1. The summed E-state index contributed by atoms with van der Waals surface area (Å²) in [4.78, 5) is 28.7. The second kappa shape index (κ2) is 10.2. The van der Waals surface area contributed by atoms with E-state index in [0.717, 1.165) is 31.2 Å². The average Bonchev–Trinajstić information content (AvgIpc) is 3.53. The third-order valence-electron chi connectivity index (χ3n) is 5.70. The van der Waals surface area contributed by atoms with Crippen molar-refractivity contribution in [2.45, 2.75) is 44.7 Å². The highest BCUT2D eigenvalue weighted by molar-refractivity contribution is 6.08. The second-order valence-corrected chi connectivity index (χ2v) is 7.88. The van der Waals surface area contributed by atoms with Crippen LogP contribution in [0.4, 0.5) is 5.69 Å². The van der Waals surface area contributed by atoms with Crippen molar-refractivity contribution in [1.29, 1.82) is 0 Å². The van der Waals surface area contributed by atoms with Crippen molar-refractivity contribution in [3.63, 3.8) is 0 Å². The van der Waals surface area contributed by atoms with Gasteiger partial charge in [0.25, 0.3) is 5.91 Å². The molecule has 2 amide bonds. The molecule has 1 aromatic heterocycles. The summed E-state index contributed by atoms with van der Waals surface area (Å²) in [6.07, 6.45) is 5.59. The van der Waals surface area contributed by atoms with Crippen molar-refractivity contribution in [3.05, 3.63) is 84.3 Å². The highest BCUT2D eigenvalue weighted by atomic mass is 16.5. The molecule has 1 fully saturated rings. The van der Waals surface area contributed by atoms with E-state index in [1.807, 2.05) is 37.3 Å². The zero-order chi connectivity index (χ0) is 22.3. The van der Waals surface area contributed by atoms with Gasteiger partial charge in [0.2, 0.25) is 5.91 Å². The molecule has 1 aliphatic rings. The topological polar surface area (TPSA) is 71.8 Å². The minimum absolute atomic E-state index is 0.134. The van der Waals surface area contributed by atoms with E-state index < -0.39 is 6.04 Å². The number of benzene rings is 2. The number of nitrogens with zero attached hydrogens (tertiary/aromatic N) is 1. The van der Waals surface area contributed by atoms with Crippen LogP contribution in [0.2, 0.25) is 0 Å². The van der Waals surface area contributed by atoms with Crippen LogP contribution < -0.4 is 15.0 Å². The number of carbonyl (C=O) groups excluding carboxylic acids is 2. The van der Waals surface area contributed by atoms with Crippen molar-refractivity contribution in [3.8, 4) is 5.75 Å². The molecule has 6 nitrogen and oxygen atoms in total. The predicted octanol–water partition coefficient (Wildman–Crippen LogP) is 5.13. The summed E-state index contributed by atoms with van der Waals surface area (Å²) in [5.41, 5.74) is 1.32. The van der Waals surface area contributed by atoms with Gasteiger partial charge in [-0.15, -0.1) is 0 Å². The Morgan fingerprint density at radius 1 is 1.03 bits per heavy atom. The van der Waals surface area contributed by atoms with Crippen molar-refractivity contribution >= 4 is 17.5 Å². The summed E-state index contributed by atoms with van der Waals surface area (Å²) in [6.45, 7) is 2.46. The standard InChI is InChI=1S/C26H28N2O4/c1-2-31-22-16-14-21(15-17-22)28(26(30)23-13-8-18-32-23)24(19-9-4-3-5-10-19)25(29)27-20-11-6-7-12-20/h3-5,8-10,13-18,20,24H,2,6-7,11-12H2,1H3,(H,27,29)/t24-/m1/s1. The van der Waals surface area contributed by atoms with Crippen LogP contribution in [0.3, 0.4) is 0 Å². The van der Waals surface area contributed by atoms with Crippen LogP contribution in [-0.4, -0.2) is 24.5 Å². The Kier molecular flexibility index (Phi) is 6.90. The summed E-state index contributed by atoms with van der Waals surface area (Å²) in [5, 5.41) is 3.17. The molecule has 1 N–H and O–H groups in total. The molecular weight excluding hydrogens is 404 g/mol. The van der Waals surface area contributed by atoms with E-state index in [-0.39, 0.29) is 23.6 Å². The van der Waals surface area contributed by atoms with Gasteiger partial charge in [0, 0.05) is 11.7 Å². The van der Waals surface area contributed by atoms with Crippen LogP contribution in [0.5, 0.6) is 5.75 Å². The molecule has 2 aromatic carbocycles. The Morgan fingerprint density at radius 3 is 2.38 bits per heavy atom. The van der Waals surface area contributed by atoms with Crippen molar-refractivity contribution in [1.82, 2.24) is 5.32 Å². The second-order valence-electron chi connectivity index (χ2n) is 7.88. The summed E-state index contributed by atoms with van der Waals surface area (Å²) in [7, 11) is 0. The van der Waals surface area contributed by atoms with Gasteiger partial charge in [0.05, 0.1) is 12.9 Å². The normalized spacial score (nSPS) is 14.7. The lowest BCUT2D eigenvalue weighted by molar-refractivity contribution is -0.123. The SMILES string of the molecule is CCOc1ccc(N(C(=O)c2ccco2)[C@@H](C(=O)NC2CCCC2)c2ccccc2)cc1. The largest absolute Gasteiger partial charge is 0.494 e. The molecule has 0 aliphatic heterocycles. The van der Waals surface area contributed by atoms with Gasteiger partial charge in [-0.25, -0.2) is 0 Å². The van der Waals surface area contributed by atoms with Gasteiger partial charge in [0.1, 0.15) is 11.8 Å². The van der Waals surface area contributed by atoms with Crippen molar-refractivity contribution < 1.29 is 18.7 Å². The number of hydrogen-bond acceptors (Lipinski definition) is 4. The number of anilines is 1. The van der Waals surface area contributed by atoms with Gasteiger partial charge >= 0.3 is 0 Å². The first-order valence-electron chi connectivity index (χ1n) is 11.1. The molecule has 6 heteroatoms. The number of ether oxygens (including phenoxy) is 1. The molecule has 4 rings (SSSR count). The minimum Gasteiger partial charge on any atom is -0.494 e. The summed E-state index contributed by atoms with van der Waals surface area (Å²) in [6, 6.07) is 19.2. The molecule has 1 aliphatic carbocycles. The zero-order valence-corrected chi connectivity index (χ0v) is 18.2. The lowest BCUT2D eigenvalue weighted by atomic mass is 10.0. The Balaban J connectivity index is 1.76. The van der Waals surface area contributed by atoms with Crippen LogP contribution >= 0.6 is 0 Å². The maximum absolute atomic E-state index is 13.6. The monoisotopic (exact) mass is 432 g/mol. The van der Waals surface area contributed by atoms with Gasteiger partial charge in [-0.3, -0.25) is 14.5 Å². The zero-order valence-electron chi connectivity index (χ0n) is 18.2. The summed E-state index contributed by atoms with van der Waals surface area (Å²) in [5.74, 6) is 0.299. The third kappa shape index (κ3) is 4.85. The Labute approximate surface area is 188 Å².